The minimum atomic E-state index is -4.99. The fraction of sp³-hybridized carbons (Fsp3) is 0.174. The van der Waals surface area contributed by atoms with Crippen LogP contribution in [0.15, 0.2) is 60.7 Å². The quantitative estimate of drug-likeness (QED) is 0.340. The second-order valence-electron chi connectivity index (χ2n) is 7.32. The number of halogens is 10. The van der Waals surface area contributed by atoms with E-state index in [-0.39, 0.29) is 11.1 Å². The van der Waals surface area contributed by atoms with Crippen molar-refractivity contribution in [3.05, 3.63) is 93.8 Å². The molecule has 0 bridgehead atoms. The summed E-state index contributed by atoms with van der Waals surface area (Å²) in [5, 5.41) is 1.15. The molecule has 1 N–H and O–H groups in total. The highest BCUT2D eigenvalue weighted by Gasteiger charge is 2.38. The zero-order valence-corrected chi connectivity index (χ0v) is 17.9. The van der Waals surface area contributed by atoms with E-state index in [2.05, 4.69) is 0 Å². The molecule has 3 rings (SSSR count). The number of benzene rings is 3. The number of hydrogen-bond acceptors (Lipinski definition) is 1. The van der Waals surface area contributed by atoms with E-state index in [1.54, 1.807) is 5.32 Å². The van der Waals surface area contributed by atoms with Crippen molar-refractivity contribution in [3.63, 3.8) is 0 Å². The Hall–Kier alpha value is -3.21. The first-order valence-corrected chi connectivity index (χ1v) is 9.98. The average molecular weight is 526 g/mol. The Kier molecular flexibility index (Phi) is 7.12. The van der Waals surface area contributed by atoms with Gasteiger partial charge >= 0.3 is 12.4 Å². The molecule has 12 heteroatoms. The van der Waals surface area contributed by atoms with Gasteiger partial charge in [0.1, 0.15) is 5.82 Å². The second kappa shape index (κ2) is 9.44. The van der Waals surface area contributed by atoms with Crippen LogP contribution in [0.5, 0.6) is 0 Å². The Morgan fingerprint density at radius 2 is 1.31 bits per heavy atom. The summed E-state index contributed by atoms with van der Waals surface area (Å²) < 4.78 is 121. The van der Waals surface area contributed by atoms with Crippen molar-refractivity contribution in [1.82, 2.24) is 5.32 Å². The lowest BCUT2D eigenvalue weighted by Gasteiger charge is -2.20. The van der Waals surface area contributed by atoms with Gasteiger partial charge in [0.05, 0.1) is 28.3 Å². The van der Waals surface area contributed by atoms with Crippen LogP contribution in [-0.2, 0) is 18.3 Å². The summed E-state index contributed by atoms with van der Waals surface area (Å²) >= 11 is 5.90. The maximum atomic E-state index is 14.7. The van der Waals surface area contributed by atoms with E-state index < -0.39 is 63.8 Å². The number of carbonyl (C=O) groups is 1. The zero-order chi connectivity index (χ0) is 26.2. The molecule has 0 heterocycles. The highest BCUT2D eigenvalue weighted by atomic mass is 35.5. The number of alkyl halides is 8. The lowest BCUT2D eigenvalue weighted by molar-refractivity contribution is -0.140. The zero-order valence-electron chi connectivity index (χ0n) is 17.2. The SMILES string of the molecule is O=C(NCC(F)(F)c1ccc(-c2ccc(F)c(C(F)(F)F)c2)cc1Cl)c1ccccc1C(F)(F)F. The molecule has 0 aromatic heterocycles. The minimum absolute atomic E-state index is 0.0248. The summed E-state index contributed by atoms with van der Waals surface area (Å²) in [6, 6.07) is 8.45. The summed E-state index contributed by atoms with van der Waals surface area (Å²) in [5.74, 6) is -6.76. The van der Waals surface area contributed by atoms with E-state index in [1.165, 1.54) is 0 Å². The monoisotopic (exact) mass is 525 g/mol. The van der Waals surface area contributed by atoms with Gasteiger partial charge in [0.25, 0.3) is 11.8 Å². The van der Waals surface area contributed by atoms with Crippen molar-refractivity contribution in [3.8, 4) is 11.1 Å². The third-order valence-corrected chi connectivity index (χ3v) is 5.23. The Morgan fingerprint density at radius 3 is 1.91 bits per heavy atom. The molecule has 0 saturated heterocycles. The molecule has 186 valence electrons. The van der Waals surface area contributed by atoms with E-state index in [0.29, 0.717) is 18.2 Å². The van der Waals surface area contributed by atoms with E-state index in [0.717, 1.165) is 42.5 Å². The Labute approximate surface area is 197 Å². The molecule has 0 aliphatic heterocycles. The van der Waals surface area contributed by atoms with Crippen LogP contribution in [-0.4, -0.2) is 12.5 Å². The van der Waals surface area contributed by atoms with Gasteiger partial charge in [-0.2, -0.15) is 35.1 Å². The van der Waals surface area contributed by atoms with Crippen molar-refractivity contribution >= 4 is 17.5 Å². The number of amides is 1. The highest BCUT2D eigenvalue weighted by Crippen LogP contribution is 2.38. The maximum Gasteiger partial charge on any atom is 0.419 e. The molecule has 2 nitrogen and oxygen atoms in total. The van der Waals surface area contributed by atoms with Crippen molar-refractivity contribution < 1.29 is 44.3 Å². The first-order chi connectivity index (χ1) is 16.1. The van der Waals surface area contributed by atoms with Crippen LogP contribution in [0.25, 0.3) is 11.1 Å². The summed E-state index contributed by atoms with van der Waals surface area (Å²) in [6.07, 6.45) is -9.87. The third-order valence-electron chi connectivity index (χ3n) is 4.92. The molecule has 0 aliphatic carbocycles. The lowest BCUT2D eigenvalue weighted by Crippen LogP contribution is -2.36. The number of rotatable bonds is 5. The van der Waals surface area contributed by atoms with Gasteiger partial charge in [0, 0.05) is 5.56 Å². The van der Waals surface area contributed by atoms with Crippen LogP contribution in [0.4, 0.5) is 39.5 Å². The number of carbonyl (C=O) groups excluding carboxylic acids is 1. The molecule has 0 aliphatic rings. The molecule has 0 atom stereocenters. The normalized spacial score (nSPS) is 12.5. The van der Waals surface area contributed by atoms with E-state index in [9.17, 15) is 44.3 Å². The highest BCUT2D eigenvalue weighted by molar-refractivity contribution is 6.31. The van der Waals surface area contributed by atoms with Crippen molar-refractivity contribution in [2.24, 2.45) is 0 Å². The standard InChI is InChI=1S/C23H13ClF9NO/c24-18-10-13(12-6-8-19(25)17(9-12)23(31,32)33)5-7-16(18)21(26,27)11-34-20(35)14-3-1-2-4-15(14)22(28,29)30/h1-10H,11H2,(H,34,35). The van der Waals surface area contributed by atoms with Crippen molar-refractivity contribution in [1.29, 1.82) is 0 Å². The predicted molar refractivity (Wildman–Crippen MR) is 110 cm³/mol. The average Bonchev–Trinajstić information content (AvgIpc) is 2.76. The molecule has 3 aromatic rings. The van der Waals surface area contributed by atoms with E-state index in [1.807, 2.05) is 0 Å². The molecular formula is C23H13ClF9NO. The lowest BCUT2D eigenvalue weighted by atomic mass is 9.99. The minimum Gasteiger partial charge on any atom is -0.346 e. The molecule has 0 fully saturated rings. The van der Waals surface area contributed by atoms with Crippen molar-refractivity contribution in [2.45, 2.75) is 18.3 Å². The fourth-order valence-corrected chi connectivity index (χ4v) is 3.54. The van der Waals surface area contributed by atoms with Gasteiger partial charge in [0.2, 0.25) is 0 Å². The van der Waals surface area contributed by atoms with Gasteiger partial charge in [-0.25, -0.2) is 4.39 Å². The van der Waals surface area contributed by atoms with Gasteiger partial charge in [0.15, 0.2) is 0 Å². The summed E-state index contributed by atoms with van der Waals surface area (Å²) in [6.45, 7) is -1.41. The Morgan fingerprint density at radius 1 is 0.743 bits per heavy atom. The summed E-state index contributed by atoms with van der Waals surface area (Å²) in [4.78, 5) is 12.2. The van der Waals surface area contributed by atoms with Crippen molar-refractivity contribution in [2.75, 3.05) is 6.54 Å². The molecule has 35 heavy (non-hydrogen) atoms. The van der Waals surface area contributed by atoms with Crippen LogP contribution >= 0.6 is 11.6 Å². The van der Waals surface area contributed by atoms with Crippen LogP contribution in [0.2, 0.25) is 5.02 Å². The first kappa shape index (κ1) is 26.4. The fourth-order valence-electron chi connectivity index (χ4n) is 3.22. The predicted octanol–water partition coefficient (Wildman–Crippen LogP) is 7.71. The maximum absolute atomic E-state index is 14.7. The Balaban J connectivity index is 1.83. The van der Waals surface area contributed by atoms with Gasteiger partial charge < -0.3 is 5.32 Å². The molecule has 1 amide bonds. The van der Waals surface area contributed by atoms with Crippen LogP contribution < -0.4 is 5.32 Å². The summed E-state index contributed by atoms with van der Waals surface area (Å²) in [7, 11) is 0. The molecule has 0 radical (unpaired) electrons. The van der Waals surface area contributed by atoms with Crippen LogP contribution in [0, 0.1) is 5.82 Å². The third kappa shape index (κ3) is 5.90. The molecule has 3 aromatic carbocycles. The molecular weight excluding hydrogens is 513 g/mol. The number of nitrogens with one attached hydrogen (secondary N) is 1. The van der Waals surface area contributed by atoms with Gasteiger partial charge in [-0.05, 0) is 41.5 Å². The Bertz CT molecular complexity index is 1250. The van der Waals surface area contributed by atoms with Crippen LogP contribution in [0.3, 0.4) is 0 Å². The first-order valence-electron chi connectivity index (χ1n) is 9.60. The van der Waals surface area contributed by atoms with Crippen LogP contribution in [0.1, 0.15) is 27.0 Å². The number of hydrogen-bond donors (Lipinski definition) is 1. The van der Waals surface area contributed by atoms with E-state index >= 15 is 0 Å². The topological polar surface area (TPSA) is 29.1 Å². The van der Waals surface area contributed by atoms with Gasteiger partial charge in [-0.1, -0.05) is 41.9 Å². The second-order valence-corrected chi connectivity index (χ2v) is 7.72. The molecule has 0 spiro atoms. The largest absolute Gasteiger partial charge is 0.419 e. The molecule has 0 unspecified atom stereocenters. The smallest absolute Gasteiger partial charge is 0.346 e. The van der Waals surface area contributed by atoms with E-state index in [4.69, 9.17) is 11.6 Å². The summed E-state index contributed by atoms with van der Waals surface area (Å²) in [5.41, 5.74) is -4.71. The van der Waals surface area contributed by atoms with Gasteiger partial charge in [-0.15, -0.1) is 0 Å². The molecule has 0 saturated carbocycles. The van der Waals surface area contributed by atoms with Gasteiger partial charge in [-0.3, -0.25) is 4.79 Å².